The first-order valence-corrected chi connectivity index (χ1v) is 2.18. The molecular formula is C4H10N2O. The lowest BCUT2D eigenvalue weighted by Gasteiger charge is -1.97. The third-order valence-electron chi connectivity index (χ3n) is 0.560. The Morgan fingerprint density at radius 2 is 2.43 bits per heavy atom. The molecule has 7 heavy (non-hydrogen) atoms. The summed E-state index contributed by atoms with van der Waals surface area (Å²) in [5.74, 6) is 0. The molecule has 0 heterocycles. The highest BCUT2D eigenvalue weighted by molar-refractivity contribution is 5.53. The van der Waals surface area contributed by atoms with Crippen molar-refractivity contribution in [3.05, 3.63) is 0 Å². The molecule has 3 heteroatoms. The maximum absolute atomic E-state index is 8.10. The molecule has 0 aromatic heterocycles. The van der Waals surface area contributed by atoms with Gasteiger partial charge in [0.1, 0.15) is 6.17 Å². The first-order chi connectivity index (χ1) is 3.31. The lowest BCUT2D eigenvalue weighted by atomic mass is 10.6. The van der Waals surface area contributed by atoms with Crippen LogP contribution in [0, 0.1) is 0 Å². The van der Waals surface area contributed by atoms with Crippen molar-refractivity contribution in [3.8, 4) is 0 Å². The quantitative estimate of drug-likeness (QED) is 0.391. The Morgan fingerprint density at radius 1 is 1.86 bits per heavy atom. The number of hydrogen-bond donors (Lipinski definition) is 2. The summed E-state index contributed by atoms with van der Waals surface area (Å²) >= 11 is 0. The summed E-state index contributed by atoms with van der Waals surface area (Å²) in [6, 6.07) is 0. The van der Waals surface area contributed by atoms with E-state index in [2.05, 4.69) is 4.99 Å². The zero-order valence-corrected chi connectivity index (χ0v) is 4.55. The van der Waals surface area contributed by atoms with Crippen LogP contribution in [0.1, 0.15) is 13.8 Å². The van der Waals surface area contributed by atoms with Crippen LogP contribution in [-0.2, 0) is 0 Å². The number of nitrogens with zero attached hydrogens (tertiary/aromatic N) is 1. The van der Waals surface area contributed by atoms with Gasteiger partial charge in [-0.15, -0.1) is 0 Å². The van der Waals surface area contributed by atoms with Crippen LogP contribution in [0.25, 0.3) is 0 Å². The summed E-state index contributed by atoms with van der Waals surface area (Å²) in [5.41, 5.74) is 1.97. The minimum atomic E-state index is -0.176. The molecule has 0 aliphatic rings. The molecule has 0 saturated heterocycles. The maximum atomic E-state index is 8.10. The van der Waals surface area contributed by atoms with Crippen LogP contribution < -0.4 is 5.48 Å². The van der Waals surface area contributed by atoms with E-state index in [1.54, 1.807) is 20.1 Å². The van der Waals surface area contributed by atoms with E-state index in [0.29, 0.717) is 0 Å². The molecule has 0 aromatic carbocycles. The molecule has 1 atom stereocenters. The Kier molecular flexibility index (Phi) is 3.55. The van der Waals surface area contributed by atoms with Crippen molar-refractivity contribution < 1.29 is 5.21 Å². The molecule has 0 saturated carbocycles. The molecule has 0 bridgehead atoms. The monoisotopic (exact) mass is 102 g/mol. The van der Waals surface area contributed by atoms with Gasteiger partial charge in [0.25, 0.3) is 0 Å². The van der Waals surface area contributed by atoms with Crippen LogP contribution in [0.4, 0.5) is 0 Å². The number of rotatable bonds is 2. The number of hydrogen-bond acceptors (Lipinski definition) is 3. The van der Waals surface area contributed by atoms with Gasteiger partial charge in [0.05, 0.1) is 0 Å². The summed E-state index contributed by atoms with van der Waals surface area (Å²) < 4.78 is 0. The second kappa shape index (κ2) is 3.77. The zero-order valence-electron chi connectivity index (χ0n) is 4.55. The molecule has 0 radical (unpaired) electrons. The summed E-state index contributed by atoms with van der Waals surface area (Å²) in [5, 5.41) is 8.10. The highest BCUT2D eigenvalue weighted by Gasteiger charge is 1.86. The van der Waals surface area contributed by atoms with Crippen molar-refractivity contribution in [3.63, 3.8) is 0 Å². The van der Waals surface area contributed by atoms with E-state index < -0.39 is 0 Å². The van der Waals surface area contributed by atoms with Crippen molar-refractivity contribution in [2.45, 2.75) is 20.0 Å². The second-order valence-electron chi connectivity index (χ2n) is 1.21. The zero-order chi connectivity index (χ0) is 5.70. The van der Waals surface area contributed by atoms with Crippen LogP contribution in [0.5, 0.6) is 0 Å². The van der Waals surface area contributed by atoms with Gasteiger partial charge in [0.2, 0.25) is 0 Å². The molecule has 0 rings (SSSR count). The predicted octanol–water partition coefficient (Wildman–Crippen LogP) is 0.402. The highest BCUT2D eigenvalue weighted by atomic mass is 16.5. The van der Waals surface area contributed by atoms with E-state index in [4.69, 9.17) is 5.21 Å². The average molecular weight is 102 g/mol. The first-order valence-electron chi connectivity index (χ1n) is 2.18. The Hall–Kier alpha value is -0.410. The van der Waals surface area contributed by atoms with Gasteiger partial charge in [-0.1, -0.05) is 0 Å². The van der Waals surface area contributed by atoms with Crippen LogP contribution in [0.2, 0.25) is 0 Å². The molecule has 0 spiro atoms. The predicted molar refractivity (Wildman–Crippen MR) is 28.6 cm³/mol. The van der Waals surface area contributed by atoms with Gasteiger partial charge in [0, 0.05) is 0 Å². The third-order valence-corrected chi connectivity index (χ3v) is 0.560. The Balaban J connectivity index is 3.16. The van der Waals surface area contributed by atoms with Gasteiger partial charge < -0.3 is 5.21 Å². The van der Waals surface area contributed by atoms with Crippen LogP contribution in [0.3, 0.4) is 0 Å². The molecular weight excluding hydrogens is 92.1 g/mol. The molecule has 0 amide bonds. The minimum Gasteiger partial charge on any atom is -0.315 e. The summed E-state index contributed by atoms with van der Waals surface area (Å²) in [4.78, 5) is 3.76. The fourth-order valence-electron chi connectivity index (χ4n) is 0.257. The molecule has 0 aliphatic carbocycles. The van der Waals surface area contributed by atoms with Gasteiger partial charge in [-0.2, -0.15) is 5.48 Å². The molecule has 2 N–H and O–H groups in total. The first kappa shape index (κ1) is 6.59. The Labute approximate surface area is 43.0 Å². The van der Waals surface area contributed by atoms with Crippen molar-refractivity contribution in [1.29, 1.82) is 0 Å². The SMILES string of the molecule is C/C=N/C(C)NO. The standard InChI is InChI=1S/C4H10N2O/c1-3-5-4(2)6-7/h3-4,6-7H,1-2H3/b5-3+. The molecule has 42 valence electrons. The van der Waals surface area contributed by atoms with Crippen LogP contribution in [0.15, 0.2) is 4.99 Å². The van der Waals surface area contributed by atoms with E-state index in [1.165, 1.54) is 0 Å². The Bertz CT molecular complexity index is 62.7. The second-order valence-corrected chi connectivity index (χ2v) is 1.21. The molecule has 0 fully saturated rings. The van der Waals surface area contributed by atoms with Crippen molar-refractivity contribution in [1.82, 2.24) is 5.48 Å². The fourth-order valence-corrected chi connectivity index (χ4v) is 0.257. The molecule has 1 unspecified atom stereocenters. The number of nitrogens with one attached hydrogen (secondary N) is 1. The van der Waals surface area contributed by atoms with E-state index in [9.17, 15) is 0 Å². The van der Waals surface area contributed by atoms with E-state index >= 15 is 0 Å². The number of aliphatic imine (C=N–C) groups is 1. The van der Waals surface area contributed by atoms with Gasteiger partial charge in [-0.3, -0.25) is 4.99 Å². The highest BCUT2D eigenvalue weighted by Crippen LogP contribution is 1.75. The summed E-state index contributed by atoms with van der Waals surface area (Å²) in [6.45, 7) is 3.55. The van der Waals surface area contributed by atoms with Crippen molar-refractivity contribution in [2.24, 2.45) is 4.99 Å². The van der Waals surface area contributed by atoms with Crippen LogP contribution in [-0.4, -0.2) is 17.6 Å². The molecule has 0 aliphatic heterocycles. The smallest absolute Gasteiger partial charge is 0.118 e. The lowest BCUT2D eigenvalue weighted by molar-refractivity contribution is 0.136. The van der Waals surface area contributed by atoms with Gasteiger partial charge in [-0.25, -0.2) is 0 Å². The molecule has 3 nitrogen and oxygen atoms in total. The van der Waals surface area contributed by atoms with Gasteiger partial charge in [0.15, 0.2) is 0 Å². The van der Waals surface area contributed by atoms with E-state index in [-0.39, 0.29) is 6.17 Å². The number of hydroxylamine groups is 1. The third kappa shape index (κ3) is 3.42. The Morgan fingerprint density at radius 3 is 2.57 bits per heavy atom. The normalized spacial score (nSPS) is 15.3. The lowest BCUT2D eigenvalue weighted by Crippen LogP contribution is -2.18. The maximum Gasteiger partial charge on any atom is 0.118 e. The molecule has 0 aromatic rings. The summed E-state index contributed by atoms with van der Waals surface area (Å²) in [7, 11) is 0. The van der Waals surface area contributed by atoms with E-state index in [1.807, 2.05) is 5.48 Å². The average Bonchev–Trinajstić information content (AvgIpc) is 1.68. The minimum absolute atomic E-state index is 0.176. The van der Waals surface area contributed by atoms with Crippen molar-refractivity contribution >= 4 is 6.21 Å². The van der Waals surface area contributed by atoms with Gasteiger partial charge >= 0.3 is 0 Å². The fraction of sp³-hybridized carbons (Fsp3) is 0.750. The summed E-state index contributed by atoms with van der Waals surface area (Å²) in [6.07, 6.45) is 1.46. The largest absolute Gasteiger partial charge is 0.315 e. The van der Waals surface area contributed by atoms with E-state index in [0.717, 1.165) is 0 Å². The van der Waals surface area contributed by atoms with Crippen LogP contribution >= 0.6 is 0 Å². The topological polar surface area (TPSA) is 44.6 Å². The van der Waals surface area contributed by atoms with Crippen molar-refractivity contribution in [2.75, 3.05) is 0 Å². The van der Waals surface area contributed by atoms with Gasteiger partial charge in [-0.05, 0) is 20.1 Å².